The van der Waals surface area contributed by atoms with Crippen molar-refractivity contribution in [2.75, 3.05) is 12.3 Å². The Kier molecular flexibility index (Phi) is 4.87. The zero-order chi connectivity index (χ0) is 12.8. The summed E-state index contributed by atoms with van der Waals surface area (Å²) in [5, 5.41) is 3.13. The van der Waals surface area contributed by atoms with Crippen molar-refractivity contribution in [3.63, 3.8) is 0 Å². The quantitative estimate of drug-likeness (QED) is 0.471. The number of nitrogens with zero attached hydrogens (tertiary/aromatic N) is 1. The largest absolute Gasteiger partial charge is 0.370 e. The summed E-state index contributed by atoms with van der Waals surface area (Å²) in [6, 6.07) is 7.41. The van der Waals surface area contributed by atoms with Crippen LogP contribution in [0.15, 0.2) is 29.3 Å². The van der Waals surface area contributed by atoms with Crippen LogP contribution < -0.4 is 11.1 Å². The smallest absolute Gasteiger partial charge is 0.188 e. The van der Waals surface area contributed by atoms with Crippen LogP contribution in [-0.4, -0.2) is 24.3 Å². The average Bonchev–Trinajstić information content (AvgIpc) is 3.15. The second-order valence-corrected chi connectivity index (χ2v) is 5.43. The van der Waals surface area contributed by atoms with Crippen LogP contribution in [0.25, 0.3) is 0 Å². The Morgan fingerprint density at radius 3 is 2.94 bits per heavy atom. The summed E-state index contributed by atoms with van der Waals surface area (Å²) < 4.78 is 13.3. The molecule has 1 aromatic rings. The van der Waals surface area contributed by atoms with Crippen LogP contribution in [0.4, 0.5) is 4.39 Å². The van der Waals surface area contributed by atoms with Gasteiger partial charge in [0.05, 0.1) is 6.54 Å². The number of thioether (sulfide) groups is 1. The summed E-state index contributed by atoms with van der Waals surface area (Å²) in [6.45, 7) is 0.671. The zero-order valence-electron chi connectivity index (χ0n) is 10.2. The summed E-state index contributed by atoms with van der Waals surface area (Å²) in [7, 11) is 0. The van der Waals surface area contributed by atoms with Gasteiger partial charge >= 0.3 is 0 Å². The van der Waals surface area contributed by atoms with E-state index >= 15 is 0 Å². The molecule has 1 fully saturated rings. The van der Waals surface area contributed by atoms with Crippen molar-refractivity contribution < 1.29 is 4.39 Å². The van der Waals surface area contributed by atoms with Crippen LogP contribution in [0.3, 0.4) is 0 Å². The highest BCUT2D eigenvalue weighted by molar-refractivity contribution is 7.98. The molecule has 0 aromatic heterocycles. The van der Waals surface area contributed by atoms with Gasteiger partial charge in [-0.15, -0.1) is 0 Å². The van der Waals surface area contributed by atoms with Crippen molar-refractivity contribution in [1.82, 2.24) is 5.32 Å². The lowest BCUT2D eigenvalue weighted by atomic mass is 10.2. The Morgan fingerprint density at radius 1 is 1.44 bits per heavy atom. The fourth-order valence-electron chi connectivity index (χ4n) is 1.51. The summed E-state index contributed by atoms with van der Waals surface area (Å²) in [6.07, 6.45) is 2.39. The molecule has 1 aliphatic carbocycles. The second kappa shape index (κ2) is 6.64. The van der Waals surface area contributed by atoms with Gasteiger partial charge in [-0.05, 0) is 24.5 Å². The van der Waals surface area contributed by atoms with E-state index in [0.29, 0.717) is 24.3 Å². The van der Waals surface area contributed by atoms with E-state index in [9.17, 15) is 4.39 Å². The van der Waals surface area contributed by atoms with Gasteiger partial charge in [0.15, 0.2) is 5.96 Å². The number of aliphatic imine (C=N–C) groups is 1. The van der Waals surface area contributed by atoms with E-state index in [1.54, 1.807) is 17.8 Å². The molecule has 0 atom stereocenters. The van der Waals surface area contributed by atoms with Crippen molar-refractivity contribution in [2.24, 2.45) is 10.7 Å². The highest BCUT2D eigenvalue weighted by atomic mass is 32.2. The van der Waals surface area contributed by atoms with E-state index in [0.717, 1.165) is 11.3 Å². The van der Waals surface area contributed by atoms with Crippen LogP contribution in [-0.2, 0) is 5.75 Å². The molecular formula is C13H18FN3S. The fourth-order valence-corrected chi connectivity index (χ4v) is 2.33. The molecule has 0 bridgehead atoms. The van der Waals surface area contributed by atoms with E-state index in [1.807, 2.05) is 12.1 Å². The van der Waals surface area contributed by atoms with Crippen LogP contribution in [0.5, 0.6) is 0 Å². The summed E-state index contributed by atoms with van der Waals surface area (Å²) in [4.78, 5) is 4.23. The maximum atomic E-state index is 13.3. The van der Waals surface area contributed by atoms with Crippen LogP contribution in [0, 0.1) is 5.82 Å². The summed E-state index contributed by atoms with van der Waals surface area (Å²) >= 11 is 1.67. The number of hydrogen-bond acceptors (Lipinski definition) is 2. The van der Waals surface area contributed by atoms with Crippen molar-refractivity contribution in [1.29, 1.82) is 0 Å². The number of guanidine groups is 1. The van der Waals surface area contributed by atoms with Gasteiger partial charge in [0.2, 0.25) is 0 Å². The van der Waals surface area contributed by atoms with Gasteiger partial charge in [-0.3, -0.25) is 4.99 Å². The predicted octanol–water partition coefficient (Wildman–Crippen LogP) is 2.13. The first kappa shape index (κ1) is 13.2. The SMILES string of the molecule is NC(=NCCSCc1ccccc1F)NC1CC1. The van der Waals surface area contributed by atoms with E-state index in [4.69, 9.17) is 5.73 Å². The third-order valence-electron chi connectivity index (χ3n) is 2.66. The number of hydrogen-bond donors (Lipinski definition) is 2. The Balaban J connectivity index is 1.62. The molecule has 3 nitrogen and oxygen atoms in total. The monoisotopic (exact) mass is 267 g/mol. The Bertz CT molecular complexity index is 418. The minimum Gasteiger partial charge on any atom is -0.370 e. The number of benzene rings is 1. The molecule has 1 aromatic carbocycles. The molecule has 5 heteroatoms. The molecule has 1 aliphatic rings. The molecule has 0 unspecified atom stereocenters. The Labute approximate surface area is 111 Å². The number of nitrogens with one attached hydrogen (secondary N) is 1. The molecule has 18 heavy (non-hydrogen) atoms. The summed E-state index contributed by atoms with van der Waals surface area (Å²) in [5.74, 6) is 1.92. The predicted molar refractivity (Wildman–Crippen MR) is 75.2 cm³/mol. The standard InChI is InChI=1S/C13H18FN3S/c14-12-4-2-1-3-10(12)9-18-8-7-16-13(15)17-11-5-6-11/h1-4,11H,5-9H2,(H3,15,16,17). The van der Waals surface area contributed by atoms with Crippen molar-refractivity contribution >= 4 is 17.7 Å². The first-order chi connectivity index (χ1) is 8.75. The normalized spacial score (nSPS) is 15.7. The van der Waals surface area contributed by atoms with Gasteiger partial charge in [-0.2, -0.15) is 11.8 Å². The van der Waals surface area contributed by atoms with Gasteiger partial charge in [-0.25, -0.2) is 4.39 Å². The van der Waals surface area contributed by atoms with E-state index < -0.39 is 0 Å². The van der Waals surface area contributed by atoms with Gasteiger partial charge in [0, 0.05) is 17.5 Å². The highest BCUT2D eigenvalue weighted by Gasteiger charge is 2.21. The maximum absolute atomic E-state index is 13.3. The number of nitrogens with two attached hydrogens (primary N) is 1. The fraction of sp³-hybridized carbons (Fsp3) is 0.462. The molecule has 3 N–H and O–H groups in total. The van der Waals surface area contributed by atoms with Gasteiger partial charge in [-0.1, -0.05) is 18.2 Å². The van der Waals surface area contributed by atoms with Gasteiger partial charge in [0.25, 0.3) is 0 Å². The van der Waals surface area contributed by atoms with Crippen LogP contribution >= 0.6 is 11.8 Å². The molecule has 2 rings (SSSR count). The maximum Gasteiger partial charge on any atom is 0.188 e. The number of halogens is 1. The molecular weight excluding hydrogens is 249 g/mol. The molecule has 0 heterocycles. The Hall–Kier alpha value is -1.23. The molecule has 0 spiro atoms. The molecule has 0 radical (unpaired) electrons. The highest BCUT2D eigenvalue weighted by Crippen LogP contribution is 2.18. The van der Waals surface area contributed by atoms with Crippen LogP contribution in [0.1, 0.15) is 18.4 Å². The molecule has 1 saturated carbocycles. The average molecular weight is 267 g/mol. The minimum absolute atomic E-state index is 0.136. The Morgan fingerprint density at radius 2 is 2.22 bits per heavy atom. The topological polar surface area (TPSA) is 50.4 Å². The third-order valence-corrected chi connectivity index (χ3v) is 3.65. The first-order valence-electron chi connectivity index (χ1n) is 6.13. The lowest BCUT2D eigenvalue weighted by molar-refractivity contribution is 0.617. The lowest BCUT2D eigenvalue weighted by Gasteiger charge is -2.04. The van der Waals surface area contributed by atoms with Crippen LogP contribution in [0.2, 0.25) is 0 Å². The molecule has 98 valence electrons. The van der Waals surface area contributed by atoms with E-state index in [1.165, 1.54) is 18.9 Å². The molecule has 0 amide bonds. The molecule has 0 saturated heterocycles. The van der Waals surface area contributed by atoms with Gasteiger partial charge < -0.3 is 11.1 Å². The van der Waals surface area contributed by atoms with Crippen molar-refractivity contribution in [2.45, 2.75) is 24.6 Å². The molecule has 0 aliphatic heterocycles. The third kappa shape index (κ3) is 4.56. The summed E-state index contributed by atoms with van der Waals surface area (Å²) in [5.41, 5.74) is 6.45. The van der Waals surface area contributed by atoms with Gasteiger partial charge in [0.1, 0.15) is 5.82 Å². The zero-order valence-corrected chi connectivity index (χ0v) is 11.0. The van der Waals surface area contributed by atoms with Crippen molar-refractivity contribution in [3.8, 4) is 0 Å². The van der Waals surface area contributed by atoms with E-state index in [2.05, 4.69) is 10.3 Å². The first-order valence-corrected chi connectivity index (χ1v) is 7.29. The van der Waals surface area contributed by atoms with E-state index in [-0.39, 0.29) is 5.82 Å². The minimum atomic E-state index is -0.136. The lowest BCUT2D eigenvalue weighted by Crippen LogP contribution is -2.33. The second-order valence-electron chi connectivity index (χ2n) is 4.33. The number of rotatable bonds is 6. The van der Waals surface area contributed by atoms with Crippen molar-refractivity contribution in [3.05, 3.63) is 35.6 Å².